The molecule has 0 aromatic heterocycles. The molecule has 0 N–H and O–H groups in total. The third kappa shape index (κ3) is 4.22. The van der Waals surface area contributed by atoms with E-state index in [1.165, 1.54) is 57.8 Å². The topological polar surface area (TPSA) is 26.3 Å². The van der Waals surface area contributed by atoms with Gasteiger partial charge >= 0.3 is 5.97 Å². The lowest BCUT2D eigenvalue weighted by atomic mass is 9.44. The van der Waals surface area contributed by atoms with E-state index in [0.29, 0.717) is 10.8 Å². The van der Waals surface area contributed by atoms with E-state index in [9.17, 15) is 4.79 Å². The van der Waals surface area contributed by atoms with Crippen molar-refractivity contribution in [3.8, 4) is 0 Å². The van der Waals surface area contributed by atoms with Gasteiger partial charge in [-0.05, 0) is 123 Å². The quantitative estimate of drug-likeness (QED) is 0.306. The summed E-state index contributed by atoms with van der Waals surface area (Å²) < 4.78 is 5.65. The van der Waals surface area contributed by atoms with E-state index in [2.05, 4.69) is 41.2 Å². The number of ether oxygens (including phenoxy) is 1. The largest absolute Gasteiger partial charge is 0.463 e. The smallest absolute Gasteiger partial charge is 0.302 e. The first-order chi connectivity index (χ1) is 15.1. The minimum absolute atomic E-state index is 0.0965. The minimum atomic E-state index is -0.0965. The predicted molar refractivity (Wildman–Crippen MR) is 133 cm³/mol. The van der Waals surface area contributed by atoms with Crippen LogP contribution in [0.1, 0.15) is 112 Å². The van der Waals surface area contributed by atoms with Crippen molar-refractivity contribution < 1.29 is 9.53 Å². The number of rotatable bonds is 6. The molecule has 9 atom stereocenters. The van der Waals surface area contributed by atoms with Gasteiger partial charge in [-0.1, -0.05) is 46.8 Å². The molecule has 0 aromatic rings. The van der Waals surface area contributed by atoms with E-state index in [1.807, 2.05) is 0 Å². The molecule has 182 valence electrons. The van der Waals surface area contributed by atoms with Gasteiger partial charge in [-0.15, -0.1) is 0 Å². The average molecular weight is 443 g/mol. The van der Waals surface area contributed by atoms with Gasteiger partial charge in [0.1, 0.15) is 6.10 Å². The Morgan fingerprint density at radius 2 is 1.66 bits per heavy atom. The number of hydrogen-bond acceptors (Lipinski definition) is 2. The van der Waals surface area contributed by atoms with Gasteiger partial charge in [0.25, 0.3) is 0 Å². The molecule has 0 saturated heterocycles. The Labute approximate surface area is 198 Å². The highest BCUT2D eigenvalue weighted by Crippen LogP contribution is 2.68. The summed E-state index contributed by atoms with van der Waals surface area (Å²) in [7, 11) is 0. The van der Waals surface area contributed by atoms with E-state index in [-0.39, 0.29) is 12.1 Å². The van der Waals surface area contributed by atoms with Crippen molar-refractivity contribution in [2.75, 3.05) is 0 Å². The molecule has 32 heavy (non-hydrogen) atoms. The first-order valence-electron chi connectivity index (χ1n) is 13.9. The fraction of sp³-hybridized carbons (Fsp3) is 0.900. The van der Waals surface area contributed by atoms with Gasteiger partial charge in [0.2, 0.25) is 0 Å². The second-order valence-electron chi connectivity index (χ2n) is 13.3. The van der Waals surface area contributed by atoms with Crippen LogP contribution in [-0.2, 0) is 9.53 Å². The summed E-state index contributed by atoms with van der Waals surface area (Å²) in [5.74, 6) is 5.66. The highest BCUT2D eigenvalue weighted by Gasteiger charge is 2.60. The van der Waals surface area contributed by atoms with E-state index in [1.54, 1.807) is 12.5 Å². The Balaban J connectivity index is 1.44. The molecule has 2 heteroatoms. The van der Waals surface area contributed by atoms with Gasteiger partial charge in [0, 0.05) is 6.92 Å². The van der Waals surface area contributed by atoms with E-state index in [0.717, 1.165) is 54.3 Å². The minimum Gasteiger partial charge on any atom is -0.463 e. The molecule has 4 fully saturated rings. The molecule has 9 unspecified atom stereocenters. The number of esters is 1. The molecule has 4 aliphatic carbocycles. The van der Waals surface area contributed by atoms with Crippen molar-refractivity contribution in [1.29, 1.82) is 0 Å². The van der Waals surface area contributed by atoms with Crippen LogP contribution in [0.4, 0.5) is 0 Å². The maximum Gasteiger partial charge on any atom is 0.302 e. The van der Waals surface area contributed by atoms with Crippen LogP contribution in [0.15, 0.2) is 12.2 Å². The predicted octanol–water partition coefficient (Wildman–Crippen LogP) is 8.21. The van der Waals surface area contributed by atoms with Crippen LogP contribution >= 0.6 is 0 Å². The van der Waals surface area contributed by atoms with Gasteiger partial charge in [-0.25, -0.2) is 0 Å². The van der Waals surface area contributed by atoms with Crippen LogP contribution < -0.4 is 0 Å². The summed E-state index contributed by atoms with van der Waals surface area (Å²) in [6, 6.07) is 0. The number of fused-ring (bicyclic) bond motifs is 5. The van der Waals surface area contributed by atoms with E-state index < -0.39 is 0 Å². The third-order valence-corrected chi connectivity index (χ3v) is 11.5. The molecule has 0 aromatic carbocycles. The first kappa shape index (κ1) is 24.3. The molecule has 0 heterocycles. The van der Waals surface area contributed by atoms with Gasteiger partial charge in [-0.2, -0.15) is 0 Å². The summed E-state index contributed by atoms with van der Waals surface area (Å²) >= 11 is 0. The van der Waals surface area contributed by atoms with Crippen LogP contribution in [0.25, 0.3) is 0 Å². The Morgan fingerprint density at radius 3 is 2.34 bits per heavy atom. The van der Waals surface area contributed by atoms with Gasteiger partial charge < -0.3 is 4.74 Å². The zero-order valence-electron chi connectivity index (χ0n) is 21.9. The third-order valence-electron chi connectivity index (χ3n) is 11.5. The van der Waals surface area contributed by atoms with Crippen LogP contribution in [0.5, 0.6) is 0 Å². The summed E-state index contributed by atoms with van der Waals surface area (Å²) in [6.07, 6.45) is 14.5. The van der Waals surface area contributed by atoms with Gasteiger partial charge in [0.15, 0.2) is 0 Å². The molecule has 0 spiro atoms. The number of carbonyl (C=O) groups excluding carboxylic acids is 1. The van der Waals surface area contributed by atoms with Crippen LogP contribution in [0, 0.1) is 52.3 Å². The lowest BCUT2D eigenvalue weighted by molar-refractivity contribution is -0.159. The van der Waals surface area contributed by atoms with Crippen LogP contribution in [0.3, 0.4) is 0 Å². The Hall–Kier alpha value is -0.790. The normalized spacial score (nSPS) is 44.3. The molecular formula is C30H50O2. The van der Waals surface area contributed by atoms with E-state index >= 15 is 0 Å². The molecule has 0 radical (unpaired) electrons. The molecule has 4 aliphatic rings. The summed E-state index contributed by atoms with van der Waals surface area (Å²) in [6.45, 7) is 18.6. The van der Waals surface area contributed by atoms with Crippen molar-refractivity contribution in [3.63, 3.8) is 0 Å². The standard InChI is InChI=1S/C30H50O2/c1-19(2)20(3)8-9-21(4)26-12-13-27-25-11-10-23-18-24(32-22(5)31)14-16-29(23,6)28(25)15-17-30(26,27)7/h19-20,23-28H,4,8-18H2,1-3,5-7H3. The molecule has 4 saturated carbocycles. The van der Waals surface area contributed by atoms with Crippen molar-refractivity contribution >= 4 is 5.97 Å². The van der Waals surface area contributed by atoms with Crippen LogP contribution in [-0.4, -0.2) is 12.1 Å². The van der Waals surface area contributed by atoms with E-state index in [4.69, 9.17) is 4.74 Å². The average Bonchev–Trinajstić information content (AvgIpc) is 3.08. The van der Waals surface area contributed by atoms with Crippen molar-refractivity contribution in [2.24, 2.45) is 52.3 Å². The van der Waals surface area contributed by atoms with Gasteiger partial charge in [-0.3, -0.25) is 4.79 Å². The van der Waals surface area contributed by atoms with Crippen molar-refractivity contribution in [1.82, 2.24) is 0 Å². The number of allylic oxidation sites excluding steroid dienone is 1. The maximum atomic E-state index is 11.5. The summed E-state index contributed by atoms with van der Waals surface area (Å²) in [4.78, 5) is 11.5. The lowest BCUT2D eigenvalue weighted by Gasteiger charge is -2.61. The number of carbonyl (C=O) groups is 1. The Kier molecular flexibility index (Phi) is 6.92. The second-order valence-corrected chi connectivity index (χ2v) is 13.3. The Morgan fingerprint density at radius 1 is 0.969 bits per heavy atom. The molecule has 4 rings (SSSR count). The highest BCUT2D eigenvalue weighted by atomic mass is 16.5. The zero-order chi connectivity index (χ0) is 23.3. The molecule has 0 bridgehead atoms. The fourth-order valence-electron chi connectivity index (χ4n) is 9.15. The fourth-order valence-corrected chi connectivity index (χ4v) is 9.15. The van der Waals surface area contributed by atoms with Gasteiger partial charge in [0.05, 0.1) is 0 Å². The SMILES string of the molecule is C=C(CCC(C)C(C)C)C1CCC2C3CCC4CC(OC(C)=O)CCC4(C)C3CCC12C. The van der Waals surface area contributed by atoms with Crippen LogP contribution in [0.2, 0.25) is 0 Å². The summed E-state index contributed by atoms with van der Waals surface area (Å²) in [5.41, 5.74) is 2.52. The molecule has 0 aliphatic heterocycles. The molecule has 0 amide bonds. The summed E-state index contributed by atoms with van der Waals surface area (Å²) in [5, 5.41) is 0. The monoisotopic (exact) mass is 442 g/mol. The maximum absolute atomic E-state index is 11.5. The lowest BCUT2D eigenvalue weighted by Crippen LogP contribution is -2.54. The Bertz CT molecular complexity index is 710. The number of hydrogen-bond donors (Lipinski definition) is 0. The van der Waals surface area contributed by atoms with Crippen molar-refractivity contribution in [2.45, 2.75) is 118 Å². The second kappa shape index (κ2) is 9.10. The highest BCUT2D eigenvalue weighted by molar-refractivity contribution is 5.66. The molecular weight excluding hydrogens is 392 g/mol. The first-order valence-corrected chi connectivity index (χ1v) is 13.9. The van der Waals surface area contributed by atoms with Crippen molar-refractivity contribution in [3.05, 3.63) is 12.2 Å². The molecule has 2 nitrogen and oxygen atoms in total. The zero-order valence-corrected chi connectivity index (χ0v) is 21.9.